The largest absolute Gasteiger partial charge is 0.183 e. The Kier molecular flexibility index (Phi) is 2.92. The summed E-state index contributed by atoms with van der Waals surface area (Å²) >= 11 is 0. The number of nitrogens with zero attached hydrogens (tertiary/aromatic N) is 2. The molecule has 96 valence electrons. The molecule has 1 aromatic rings. The van der Waals surface area contributed by atoms with Gasteiger partial charge in [0.2, 0.25) is 0 Å². The highest BCUT2D eigenvalue weighted by Crippen LogP contribution is 2.63. The van der Waals surface area contributed by atoms with Crippen molar-refractivity contribution >= 4 is 5.69 Å². The standard InChI is InChI=1S/C16H22N2/c1-11-14(16(11,5)6)12-7-9-13(10-8-12)17-18-15(2,3)4/h7-10,14H,1H2,2-6H3. The molecule has 0 heterocycles. The number of benzene rings is 1. The maximum absolute atomic E-state index is 4.27. The minimum Gasteiger partial charge on any atom is -0.183 e. The molecule has 1 fully saturated rings. The van der Waals surface area contributed by atoms with Crippen LogP contribution in [-0.2, 0) is 0 Å². The molecule has 0 amide bonds. The van der Waals surface area contributed by atoms with Gasteiger partial charge < -0.3 is 0 Å². The molecule has 1 aromatic carbocycles. The lowest BCUT2D eigenvalue weighted by Gasteiger charge is -2.09. The summed E-state index contributed by atoms with van der Waals surface area (Å²) in [5.41, 5.74) is 3.71. The van der Waals surface area contributed by atoms with Gasteiger partial charge in [-0.2, -0.15) is 10.2 Å². The highest BCUT2D eigenvalue weighted by molar-refractivity contribution is 5.50. The average Bonchev–Trinajstić information content (AvgIpc) is 2.75. The van der Waals surface area contributed by atoms with E-state index < -0.39 is 0 Å². The first-order chi connectivity index (χ1) is 8.22. The van der Waals surface area contributed by atoms with Crippen molar-refractivity contribution in [2.24, 2.45) is 15.6 Å². The third-order valence-electron chi connectivity index (χ3n) is 3.51. The molecule has 1 atom stereocenters. The van der Waals surface area contributed by atoms with Gasteiger partial charge in [0, 0.05) is 5.92 Å². The first-order valence-corrected chi connectivity index (χ1v) is 6.44. The zero-order valence-corrected chi connectivity index (χ0v) is 12.0. The molecular formula is C16H22N2. The van der Waals surface area contributed by atoms with Gasteiger partial charge in [-0.1, -0.05) is 38.1 Å². The molecule has 0 aliphatic heterocycles. The van der Waals surface area contributed by atoms with E-state index in [-0.39, 0.29) is 11.0 Å². The molecule has 1 aliphatic carbocycles. The van der Waals surface area contributed by atoms with E-state index in [9.17, 15) is 0 Å². The van der Waals surface area contributed by atoms with Crippen LogP contribution in [0.1, 0.15) is 46.1 Å². The molecular weight excluding hydrogens is 220 g/mol. The molecule has 0 saturated heterocycles. The summed E-state index contributed by atoms with van der Waals surface area (Å²) in [5.74, 6) is 0.506. The molecule has 0 bridgehead atoms. The van der Waals surface area contributed by atoms with Crippen molar-refractivity contribution in [3.63, 3.8) is 0 Å². The second-order valence-electron chi connectivity index (χ2n) is 6.64. The normalized spacial score (nSPS) is 22.5. The smallest absolute Gasteiger partial charge is 0.0852 e. The van der Waals surface area contributed by atoms with E-state index in [0.717, 1.165) is 5.69 Å². The van der Waals surface area contributed by atoms with Gasteiger partial charge in [0.05, 0.1) is 11.2 Å². The van der Waals surface area contributed by atoms with E-state index in [1.54, 1.807) is 0 Å². The van der Waals surface area contributed by atoms with E-state index in [2.05, 4.69) is 42.8 Å². The quantitative estimate of drug-likeness (QED) is 0.500. The fourth-order valence-corrected chi connectivity index (χ4v) is 2.20. The summed E-state index contributed by atoms with van der Waals surface area (Å²) in [6.45, 7) is 14.7. The zero-order valence-electron chi connectivity index (χ0n) is 12.0. The fraction of sp³-hybridized carbons (Fsp3) is 0.500. The third-order valence-corrected chi connectivity index (χ3v) is 3.51. The van der Waals surface area contributed by atoms with Crippen LogP contribution in [0.25, 0.3) is 0 Å². The van der Waals surface area contributed by atoms with E-state index in [4.69, 9.17) is 0 Å². The topological polar surface area (TPSA) is 24.7 Å². The van der Waals surface area contributed by atoms with E-state index >= 15 is 0 Å². The Morgan fingerprint density at radius 2 is 1.61 bits per heavy atom. The highest BCUT2D eigenvalue weighted by atomic mass is 15.1. The predicted octanol–water partition coefficient (Wildman–Crippen LogP) is 5.25. The Balaban J connectivity index is 2.13. The summed E-state index contributed by atoms with van der Waals surface area (Å²) in [7, 11) is 0. The summed E-state index contributed by atoms with van der Waals surface area (Å²) in [6, 6.07) is 8.35. The second-order valence-corrected chi connectivity index (χ2v) is 6.64. The molecule has 1 aliphatic rings. The zero-order chi connectivity index (χ0) is 13.6. The summed E-state index contributed by atoms with van der Waals surface area (Å²) in [4.78, 5) is 0. The molecule has 2 heteroatoms. The van der Waals surface area contributed by atoms with Crippen LogP contribution in [0.5, 0.6) is 0 Å². The second kappa shape index (κ2) is 4.04. The molecule has 0 radical (unpaired) electrons. The van der Waals surface area contributed by atoms with Crippen LogP contribution < -0.4 is 0 Å². The van der Waals surface area contributed by atoms with Crippen molar-refractivity contribution in [3.05, 3.63) is 42.0 Å². The first kappa shape index (κ1) is 13.0. The Hall–Kier alpha value is -1.44. The molecule has 2 rings (SSSR count). The van der Waals surface area contributed by atoms with Crippen LogP contribution in [0.2, 0.25) is 0 Å². The third kappa shape index (κ3) is 2.53. The number of azo groups is 1. The maximum atomic E-state index is 4.27. The lowest BCUT2D eigenvalue weighted by atomic mass is 10.0. The van der Waals surface area contributed by atoms with Gasteiger partial charge in [-0.3, -0.25) is 0 Å². The summed E-state index contributed by atoms with van der Waals surface area (Å²) < 4.78 is 0. The highest BCUT2D eigenvalue weighted by Gasteiger charge is 2.51. The van der Waals surface area contributed by atoms with Crippen LogP contribution >= 0.6 is 0 Å². The van der Waals surface area contributed by atoms with Crippen molar-refractivity contribution in [3.8, 4) is 0 Å². The van der Waals surface area contributed by atoms with Crippen LogP contribution in [-0.4, -0.2) is 5.54 Å². The molecule has 0 aromatic heterocycles. The number of allylic oxidation sites excluding steroid dienone is 1. The summed E-state index contributed by atoms with van der Waals surface area (Å²) in [6.07, 6.45) is 0. The van der Waals surface area contributed by atoms with Crippen LogP contribution in [0, 0.1) is 5.41 Å². The average molecular weight is 242 g/mol. The summed E-state index contributed by atoms with van der Waals surface area (Å²) in [5, 5.41) is 8.52. The molecule has 2 nitrogen and oxygen atoms in total. The molecule has 18 heavy (non-hydrogen) atoms. The lowest BCUT2D eigenvalue weighted by molar-refractivity contribution is 0.552. The van der Waals surface area contributed by atoms with Crippen molar-refractivity contribution in [1.29, 1.82) is 0 Å². The van der Waals surface area contributed by atoms with Crippen LogP contribution in [0.4, 0.5) is 5.69 Å². The van der Waals surface area contributed by atoms with Crippen molar-refractivity contribution < 1.29 is 0 Å². The van der Waals surface area contributed by atoms with Gasteiger partial charge in [-0.25, -0.2) is 0 Å². The van der Waals surface area contributed by atoms with Gasteiger partial charge in [0.1, 0.15) is 0 Å². The van der Waals surface area contributed by atoms with Gasteiger partial charge in [-0.15, -0.1) is 0 Å². The number of hydrogen-bond donors (Lipinski definition) is 0. The lowest BCUT2D eigenvalue weighted by Crippen LogP contribution is -2.07. The van der Waals surface area contributed by atoms with Crippen LogP contribution in [0.3, 0.4) is 0 Å². The molecule has 0 spiro atoms. The Labute approximate surface area is 110 Å². The monoisotopic (exact) mass is 242 g/mol. The SMILES string of the molecule is C=C1C(c2ccc(N=NC(C)(C)C)cc2)C1(C)C. The minimum absolute atomic E-state index is 0.120. The Morgan fingerprint density at radius 1 is 1.11 bits per heavy atom. The molecule has 0 N–H and O–H groups in total. The minimum atomic E-state index is -0.120. The van der Waals surface area contributed by atoms with E-state index in [1.165, 1.54) is 11.1 Å². The van der Waals surface area contributed by atoms with Gasteiger partial charge >= 0.3 is 0 Å². The van der Waals surface area contributed by atoms with Crippen LogP contribution in [0.15, 0.2) is 46.6 Å². The van der Waals surface area contributed by atoms with E-state index in [0.29, 0.717) is 5.92 Å². The predicted molar refractivity (Wildman–Crippen MR) is 76.4 cm³/mol. The van der Waals surface area contributed by atoms with Gasteiger partial charge in [-0.05, 0) is 43.9 Å². The van der Waals surface area contributed by atoms with Crippen molar-refractivity contribution in [1.82, 2.24) is 0 Å². The Bertz CT molecular complexity index is 487. The molecule has 1 saturated carbocycles. The fourth-order valence-electron chi connectivity index (χ4n) is 2.20. The Morgan fingerprint density at radius 3 is 2.00 bits per heavy atom. The van der Waals surface area contributed by atoms with Crippen molar-refractivity contribution in [2.75, 3.05) is 0 Å². The van der Waals surface area contributed by atoms with Gasteiger partial charge in [0.25, 0.3) is 0 Å². The number of rotatable bonds is 2. The molecule has 1 unspecified atom stereocenters. The number of hydrogen-bond acceptors (Lipinski definition) is 2. The maximum Gasteiger partial charge on any atom is 0.0852 e. The first-order valence-electron chi connectivity index (χ1n) is 6.44. The van der Waals surface area contributed by atoms with Gasteiger partial charge in [0.15, 0.2) is 0 Å². The van der Waals surface area contributed by atoms with Crippen molar-refractivity contribution in [2.45, 2.75) is 46.1 Å². The van der Waals surface area contributed by atoms with E-state index in [1.807, 2.05) is 32.9 Å².